The van der Waals surface area contributed by atoms with E-state index in [1.54, 1.807) is 4.90 Å². The maximum absolute atomic E-state index is 12.7. The number of para-hydroxylation sites is 1. The SMILES string of the molecule is C[C@@H]1Cc2c(C(=O)N3CC(Oc4ccccc4)C3)n[nH]c2[C@H](C)O1. The van der Waals surface area contributed by atoms with Crippen molar-refractivity contribution >= 4 is 5.91 Å². The highest BCUT2D eigenvalue weighted by atomic mass is 16.5. The zero-order chi connectivity index (χ0) is 16.7. The Kier molecular flexibility index (Phi) is 3.76. The molecule has 126 valence electrons. The van der Waals surface area contributed by atoms with Gasteiger partial charge in [-0.1, -0.05) is 18.2 Å². The Labute approximate surface area is 140 Å². The van der Waals surface area contributed by atoms with Gasteiger partial charge in [0.25, 0.3) is 5.91 Å². The highest BCUT2D eigenvalue weighted by Crippen LogP contribution is 2.31. The molecule has 1 aromatic heterocycles. The average Bonchev–Trinajstić information content (AvgIpc) is 2.95. The quantitative estimate of drug-likeness (QED) is 0.939. The van der Waals surface area contributed by atoms with Crippen molar-refractivity contribution in [1.29, 1.82) is 0 Å². The van der Waals surface area contributed by atoms with Crippen LogP contribution in [0.15, 0.2) is 30.3 Å². The number of fused-ring (bicyclic) bond motifs is 1. The van der Waals surface area contributed by atoms with E-state index < -0.39 is 0 Å². The van der Waals surface area contributed by atoms with Gasteiger partial charge in [0.2, 0.25) is 0 Å². The molecule has 0 bridgehead atoms. The van der Waals surface area contributed by atoms with Crippen molar-refractivity contribution in [2.45, 2.75) is 38.6 Å². The molecule has 1 aromatic carbocycles. The number of ether oxygens (including phenoxy) is 2. The largest absolute Gasteiger partial charge is 0.487 e. The van der Waals surface area contributed by atoms with E-state index in [4.69, 9.17) is 9.47 Å². The number of nitrogens with zero attached hydrogens (tertiary/aromatic N) is 2. The molecular formula is C18H21N3O3. The van der Waals surface area contributed by atoms with Crippen LogP contribution in [0, 0.1) is 0 Å². The summed E-state index contributed by atoms with van der Waals surface area (Å²) in [7, 11) is 0. The molecule has 1 fully saturated rings. The number of H-pyrrole nitrogens is 1. The molecule has 2 aromatic rings. The fraction of sp³-hybridized carbons (Fsp3) is 0.444. The maximum Gasteiger partial charge on any atom is 0.274 e. The van der Waals surface area contributed by atoms with E-state index in [-0.39, 0.29) is 24.2 Å². The number of aromatic amines is 1. The molecule has 0 unspecified atom stereocenters. The van der Waals surface area contributed by atoms with Crippen LogP contribution in [0.2, 0.25) is 0 Å². The molecule has 2 atom stereocenters. The Morgan fingerprint density at radius 1 is 1.29 bits per heavy atom. The lowest BCUT2D eigenvalue weighted by atomic mass is 9.98. The molecule has 4 rings (SSSR count). The number of aromatic nitrogens is 2. The third kappa shape index (κ3) is 2.67. The molecular weight excluding hydrogens is 306 g/mol. The van der Waals surface area contributed by atoms with Crippen molar-refractivity contribution in [3.8, 4) is 5.75 Å². The van der Waals surface area contributed by atoms with Gasteiger partial charge in [0, 0.05) is 12.0 Å². The van der Waals surface area contributed by atoms with Crippen LogP contribution >= 0.6 is 0 Å². The number of amides is 1. The minimum Gasteiger partial charge on any atom is -0.487 e. The van der Waals surface area contributed by atoms with Crippen molar-refractivity contribution < 1.29 is 14.3 Å². The molecule has 24 heavy (non-hydrogen) atoms. The number of hydrogen-bond acceptors (Lipinski definition) is 4. The normalized spacial score (nSPS) is 23.5. The smallest absolute Gasteiger partial charge is 0.274 e. The van der Waals surface area contributed by atoms with Gasteiger partial charge in [0.1, 0.15) is 11.9 Å². The minimum absolute atomic E-state index is 0.0262. The van der Waals surface area contributed by atoms with Crippen LogP contribution in [0.5, 0.6) is 5.75 Å². The first-order valence-electron chi connectivity index (χ1n) is 8.35. The third-order valence-electron chi connectivity index (χ3n) is 4.62. The molecule has 6 heteroatoms. The van der Waals surface area contributed by atoms with Crippen molar-refractivity contribution in [3.63, 3.8) is 0 Å². The van der Waals surface area contributed by atoms with Gasteiger partial charge in [-0.05, 0) is 26.0 Å². The van der Waals surface area contributed by atoms with E-state index in [2.05, 4.69) is 10.2 Å². The van der Waals surface area contributed by atoms with E-state index in [1.807, 2.05) is 44.2 Å². The summed E-state index contributed by atoms with van der Waals surface area (Å²) in [5.41, 5.74) is 2.46. The summed E-state index contributed by atoms with van der Waals surface area (Å²) in [6.07, 6.45) is 0.813. The number of benzene rings is 1. The standard InChI is InChI=1S/C18H21N3O3/c1-11-8-15-16(12(2)23-11)19-20-17(15)18(22)21-9-14(10-21)24-13-6-4-3-5-7-13/h3-7,11-12,14H,8-10H2,1-2H3,(H,19,20)/t11-,12+/m1/s1. The lowest BCUT2D eigenvalue weighted by molar-refractivity contribution is -0.00730. The van der Waals surface area contributed by atoms with Crippen LogP contribution in [0.1, 0.15) is 41.7 Å². The zero-order valence-electron chi connectivity index (χ0n) is 13.9. The summed E-state index contributed by atoms with van der Waals surface area (Å²) in [5.74, 6) is 0.813. The molecule has 2 aliphatic rings. The number of nitrogens with one attached hydrogen (secondary N) is 1. The Balaban J connectivity index is 1.42. The number of likely N-dealkylation sites (tertiary alicyclic amines) is 1. The Hall–Kier alpha value is -2.34. The van der Waals surface area contributed by atoms with Crippen LogP contribution in [0.3, 0.4) is 0 Å². The molecule has 0 saturated carbocycles. The monoisotopic (exact) mass is 327 g/mol. The maximum atomic E-state index is 12.7. The van der Waals surface area contributed by atoms with Gasteiger partial charge < -0.3 is 14.4 Å². The highest BCUT2D eigenvalue weighted by molar-refractivity contribution is 5.94. The van der Waals surface area contributed by atoms with E-state index in [9.17, 15) is 4.79 Å². The Bertz CT molecular complexity index is 737. The van der Waals surface area contributed by atoms with Gasteiger partial charge in [0.05, 0.1) is 31.0 Å². The van der Waals surface area contributed by atoms with Crippen LogP contribution in [0.25, 0.3) is 0 Å². The predicted molar refractivity (Wildman–Crippen MR) is 88.0 cm³/mol. The highest BCUT2D eigenvalue weighted by Gasteiger charge is 2.37. The first-order valence-corrected chi connectivity index (χ1v) is 8.35. The predicted octanol–water partition coefficient (Wildman–Crippen LogP) is 2.34. The van der Waals surface area contributed by atoms with Crippen LogP contribution in [-0.2, 0) is 11.2 Å². The molecule has 3 heterocycles. The second kappa shape index (κ2) is 5.94. The second-order valence-electron chi connectivity index (χ2n) is 6.52. The number of carbonyl (C=O) groups excluding carboxylic acids is 1. The van der Waals surface area contributed by atoms with Crippen molar-refractivity contribution in [2.75, 3.05) is 13.1 Å². The first kappa shape index (κ1) is 15.2. The fourth-order valence-electron chi connectivity index (χ4n) is 3.37. The third-order valence-corrected chi connectivity index (χ3v) is 4.62. The topological polar surface area (TPSA) is 67.5 Å². The second-order valence-corrected chi connectivity index (χ2v) is 6.52. The van der Waals surface area contributed by atoms with Gasteiger partial charge in [-0.25, -0.2) is 0 Å². The van der Waals surface area contributed by atoms with Crippen molar-refractivity contribution in [3.05, 3.63) is 47.3 Å². The molecule has 6 nitrogen and oxygen atoms in total. The molecule has 0 aliphatic carbocycles. The lowest BCUT2D eigenvalue weighted by Crippen LogP contribution is -2.56. The first-order chi connectivity index (χ1) is 11.6. The zero-order valence-corrected chi connectivity index (χ0v) is 13.9. The Morgan fingerprint density at radius 2 is 2.04 bits per heavy atom. The summed E-state index contributed by atoms with van der Waals surface area (Å²) in [6.45, 7) is 5.19. The number of carbonyl (C=O) groups is 1. The molecule has 1 N–H and O–H groups in total. The van der Waals surface area contributed by atoms with Crippen molar-refractivity contribution in [2.24, 2.45) is 0 Å². The average molecular weight is 327 g/mol. The minimum atomic E-state index is -0.0525. The summed E-state index contributed by atoms with van der Waals surface area (Å²) in [4.78, 5) is 14.5. The molecule has 1 amide bonds. The fourth-order valence-corrected chi connectivity index (χ4v) is 3.37. The molecule has 0 spiro atoms. The molecule has 1 saturated heterocycles. The Morgan fingerprint density at radius 3 is 2.79 bits per heavy atom. The van der Waals surface area contributed by atoms with Gasteiger partial charge in [-0.2, -0.15) is 5.10 Å². The number of rotatable bonds is 3. The van der Waals surface area contributed by atoms with E-state index in [0.717, 1.165) is 23.4 Å². The van der Waals surface area contributed by atoms with E-state index in [1.165, 1.54) is 0 Å². The van der Waals surface area contributed by atoms with Gasteiger partial charge in [-0.15, -0.1) is 0 Å². The summed E-state index contributed by atoms with van der Waals surface area (Å²) >= 11 is 0. The van der Waals surface area contributed by atoms with E-state index in [0.29, 0.717) is 18.8 Å². The number of hydrogen-bond donors (Lipinski definition) is 1. The van der Waals surface area contributed by atoms with Crippen LogP contribution in [-0.4, -0.2) is 46.3 Å². The van der Waals surface area contributed by atoms with Gasteiger partial charge in [0.15, 0.2) is 5.69 Å². The summed E-state index contributed by atoms with van der Waals surface area (Å²) in [5, 5.41) is 7.24. The summed E-state index contributed by atoms with van der Waals surface area (Å²) in [6, 6.07) is 9.69. The lowest BCUT2D eigenvalue weighted by Gasteiger charge is -2.38. The molecule has 0 radical (unpaired) electrons. The van der Waals surface area contributed by atoms with Gasteiger partial charge >= 0.3 is 0 Å². The van der Waals surface area contributed by atoms with Crippen LogP contribution in [0.4, 0.5) is 0 Å². The van der Waals surface area contributed by atoms with Gasteiger partial charge in [-0.3, -0.25) is 9.89 Å². The van der Waals surface area contributed by atoms with E-state index >= 15 is 0 Å². The van der Waals surface area contributed by atoms with Crippen molar-refractivity contribution in [1.82, 2.24) is 15.1 Å². The molecule has 2 aliphatic heterocycles. The summed E-state index contributed by atoms with van der Waals surface area (Å²) < 4.78 is 11.6. The van der Waals surface area contributed by atoms with Crippen LogP contribution < -0.4 is 4.74 Å².